The summed E-state index contributed by atoms with van der Waals surface area (Å²) in [6.07, 6.45) is -3.07. The van der Waals surface area contributed by atoms with Crippen LogP contribution in [0, 0.1) is 0 Å². The highest BCUT2D eigenvalue weighted by Gasteiger charge is 2.31. The van der Waals surface area contributed by atoms with Gasteiger partial charge in [0.05, 0.1) is 5.56 Å². The van der Waals surface area contributed by atoms with Crippen molar-refractivity contribution in [2.45, 2.75) is 6.18 Å². The highest BCUT2D eigenvalue weighted by Crippen LogP contribution is 2.31. The number of H-pyrrole nitrogens is 2. The maximum Gasteiger partial charge on any atom is 0.416 e. The van der Waals surface area contributed by atoms with Gasteiger partial charge in [0.1, 0.15) is 5.69 Å². The minimum Gasteiger partial charge on any atom is -0.368 e. The van der Waals surface area contributed by atoms with Crippen LogP contribution in [0.3, 0.4) is 0 Å². The van der Waals surface area contributed by atoms with Gasteiger partial charge in [-0.2, -0.15) is 13.2 Å². The van der Waals surface area contributed by atoms with E-state index < -0.39 is 17.4 Å². The summed E-state index contributed by atoms with van der Waals surface area (Å²) in [4.78, 5) is 31.4. The standard InChI is InChI=1S/C15H15F3N4O2/c16-15(17,18)10-2-1-3-11(8-10)21-4-6-22(7-5-21)13(23)12-9-19-14(24)20-12/h1-3,8-9H,4-7H2,(H2,19,20,24). The summed E-state index contributed by atoms with van der Waals surface area (Å²) in [5.41, 5.74) is -0.496. The van der Waals surface area contributed by atoms with Gasteiger partial charge in [-0.15, -0.1) is 0 Å². The van der Waals surface area contributed by atoms with E-state index in [0.717, 1.165) is 12.1 Å². The number of rotatable bonds is 2. The first-order valence-corrected chi connectivity index (χ1v) is 7.34. The van der Waals surface area contributed by atoms with Gasteiger partial charge in [-0.25, -0.2) is 4.79 Å². The van der Waals surface area contributed by atoms with Gasteiger partial charge in [0.2, 0.25) is 0 Å². The maximum absolute atomic E-state index is 12.8. The zero-order valence-electron chi connectivity index (χ0n) is 12.6. The minimum absolute atomic E-state index is 0.174. The predicted octanol–water partition coefficient (Wildman–Crippen LogP) is 1.68. The molecular formula is C15H15F3N4O2. The zero-order chi connectivity index (χ0) is 17.3. The van der Waals surface area contributed by atoms with E-state index >= 15 is 0 Å². The van der Waals surface area contributed by atoms with E-state index in [9.17, 15) is 22.8 Å². The molecule has 9 heteroatoms. The average Bonchev–Trinajstić information content (AvgIpc) is 3.00. The first kappa shape index (κ1) is 16.2. The Morgan fingerprint density at radius 2 is 1.83 bits per heavy atom. The number of alkyl halides is 3. The Hall–Kier alpha value is -2.71. The van der Waals surface area contributed by atoms with Gasteiger partial charge in [-0.05, 0) is 18.2 Å². The quantitative estimate of drug-likeness (QED) is 0.874. The molecule has 0 atom stereocenters. The van der Waals surface area contributed by atoms with Gasteiger partial charge in [0, 0.05) is 38.1 Å². The van der Waals surface area contributed by atoms with Crippen LogP contribution in [0.4, 0.5) is 18.9 Å². The van der Waals surface area contributed by atoms with Gasteiger partial charge in [0.25, 0.3) is 5.91 Å². The number of amides is 1. The smallest absolute Gasteiger partial charge is 0.368 e. The third-order valence-corrected chi connectivity index (χ3v) is 3.93. The fourth-order valence-electron chi connectivity index (χ4n) is 2.66. The average molecular weight is 340 g/mol. The number of aromatic amines is 2. The molecule has 1 aromatic carbocycles. The molecule has 3 rings (SSSR count). The molecule has 1 saturated heterocycles. The molecule has 2 N–H and O–H groups in total. The van der Waals surface area contributed by atoms with Crippen molar-refractivity contribution in [2.75, 3.05) is 31.1 Å². The molecule has 0 saturated carbocycles. The van der Waals surface area contributed by atoms with Gasteiger partial charge < -0.3 is 19.8 Å². The summed E-state index contributed by atoms with van der Waals surface area (Å²) in [6, 6.07) is 5.14. The maximum atomic E-state index is 12.8. The highest BCUT2D eigenvalue weighted by molar-refractivity contribution is 5.92. The molecule has 1 amide bonds. The number of nitrogens with zero attached hydrogens (tertiary/aromatic N) is 2. The fraction of sp³-hybridized carbons (Fsp3) is 0.333. The molecule has 0 bridgehead atoms. The van der Waals surface area contributed by atoms with Gasteiger partial charge in [-0.1, -0.05) is 6.07 Å². The predicted molar refractivity (Wildman–Crippen MR) is 81.0 cm³/mol. The van der Waals surface area contributed by atoms with Crippen LogP contribution in [0.1, 0.15) is 16.1 Å². The molecule has 1 aromatic heterocycles. The van der Waals surface area contributed by atoms with Crippen LogP contribution in [-0.4, -0.2) is 47.0 Å². The van der Waals surface area contributed by atoms with Gasteiger partial charge in [0.15, 0.2) is 0 Å². The van der Waals surface area contributed by atoms with Crippen LogP contribution in [0.2, 0.25) is 0 Å². The first-order valence-electron chi connectivity index (χ1n) is 7.34. The van der Waals surface area contributed by atoms with Crippen molar-refractivity contribution < 1.29 is 18.0 Å². The summed E-state index contributed by atoms with van der Waals surface area (Å²) < 4.78 is 38.4. The van der Waals surface area contributed by atoms with Crippen molar-refractivity contribution in [1.82, 2.24) is 14.9 Å². The summed E-state index contributed by atoms with van der Waals surface area (Å²) in [7, 11) is 0. The zero-order valence-corrected chi connectivity index (χ0v) is 12.6. The lowest BCUT2D eigenvalue weighted by molar-refractivity contribution is -0.137. The monoisotopic (exact) mass is 340 g/mol. The minimum atomic E-state index is -4.38. The van der Waals surface area contributed by atoms with Crippen LogP contribution >= 0.6 is 0 Å². The van der Waals surface area contributed by atoms with Crippen molar-refractivity contribution in [3.8, 4) is 0 Å². The van der Waals surface area contributed by atoms with Crippen molar-refractivity contribution in [3.05, 3.63) is 52.2 Å². The van der Waals surface area contributed by atoms with E-state index in [2.05, 4.69) is 9.97 Å². The number of halogens is 3. The van der Waals surface area contributed by atoms with Crippen molar-refractivity contribution in [3.63, 3.8) is 0 Å². The number of benzene rings is 1. The SMILES string of the molecule is O=C(c1c[nH]c(=O)[nH]1)N1CCN(c2cccc(C(F)(F)F)c2)CC1. The van der Waals surface area contributed by atoms with Crippen molar-refractivity contribution in [2.24, 2.45) is 0 Å². The molecule has 1 aliphatic rings. The summed E-state index contributed by atoms with van der Waals surface area (Å²) >= 11 is 0. The molecule has 1 fully saturated rings. The Labute approximate surface area is 134 Å². The Morgan fingerprint density at radius 3 is 2.42 bits per heavy atom. The Bertz CT molecular complexity index is 788. The van der Waals surface area contributed by atoms with E-state index in [4.69, 9.17) is 0 Å². The number of hydrogen-bond donors (Lipinski definition) is 2. The van der Waals surface area contributed by atoms with Crippen molar-refractivity contribution in [1.29, 1.82) is 0 Å². The lowest BCUT2D eigenvalue weighted by atomic mass is 10.1. The molecular weight excluding hydrogens is 325 g/mol. The molecule has 2 heterocycles. The van der Waals surface area contributed by atoms with E-state index in [1.165, 1.54) is 12.3 Å². The number of nitrogens with one attached hydrogen (secondary N) is 2. The lowest BCUT2D eigenvalue weighted by Gasteiger charge is -2.36. The number of piperazine rings is 1. The molecule has 6 nitrogen and oxygen atoms in total. The molecule has 2 aromatic rings. The number of hydrogen-bond acceptors (Lipinski definition) is 3. The van der Waals surface area contributed by atoms with Crippen LogP contribution < -0.4 is 10.6 Å². The largest absolute Gasteiger partial charge is 0.416 e. The molecule has 0 aliphatic carbocycles. The third-order valence-electron chi connectivity index (χ3n) is 3.93. The second-order valence-corrected chi connectivity index (χ2v) is 5.48. The van der Waals surface area contributed by atoms with E-state index in [1.54, 1.807) is 15.9 Å². The molecule has 128 valence electrons. The second-order valence-electron chi connectivity index (χ2n) is 5.48. The first-order chi connectivity index (χ1) is 11.3. The lowest BCUT2D eigenvalue weighted by Crippen LogP contribution is -2.49. The van der Waals surface area contributed by atoms with E-state index in [1.807, 2.05) is 0 Å². The Kier molecular flexibility index (Phi) is 4.08. The Balaban J connectivity index is 1.67. The van der Waals surface area contributed by atoms with Crippen molar-refractivity contribution >= 4 is 11.6 Å². The number of carbonyl (C=O) groups is 1. The number of imidazole rings is 1. The molecule has 0 unspecified atom stereocenters. The topological polar surface area (TPSA) is 72.2 Å². The molecule has 24 heavy (non-hydrogen) atoms. The van der Waals surface area contributed by atoms with Gasteiger partial charge >= 0.3 is 11.9 Å². The summed E-state index contributed by atoms with van der Waals surface area (Å²) in [5.74, 6) is -0.308. The number of anilines is 1. The normalized spacial score (nSPS) is 15.6. The van der Waals surface area contributed by atoms with Crippen LogP contribution in [0.15, 0.2) is 35.3 Å². The van der Waals surface area contributed by atoms with Crippen LogP contribution in [-0.2, 0) is 6.18 Å². The van der Waals surface area contributed by atoms with E-state index in [-0.39, 0.29) is 11.6 Å². The van der Waals surface area contributed by atoms with Gasteiger partial charge in [-0.3, -0.25) is 4.79 Å². The molecule has 1 aliphatic heterocycles. The van der Waals surface area contributed by atoms with E-state index in [0.29, 0.717) is 31.9 Å². The fourth-order valence-corrected chi connectivity index (χ4v) is 2.66. The molecule has 0 radical (unpaired) electrons. The number of carbonyl (C=O) groups excluding carboxylic acids is 1. The van der Waals surface area contributed by atoms with Crippen LogP contribution in [0.25, 0.3) is 0 Å². The number of aromatic nitrogens is 2. The summed E-state index contributed by atoms with van der Waals surface area (Å²) in [5, 5.41) is 0. The summed E-state index contributed by atoms with van der Waals surface area (Å²) in [6.45, 7) is 1.56. The third kappa shape index (κ3) is 3.29. The Morgan fingerprint density at radius 1 is 1.12 bits per heavy atom. The highest BCUT2D eigenvalue weighted by atomic mass is 19.4. The van der Waals surface area contributed by atoms with Crippen LogP contribution in [0.5, 0.6) is 0 Å². The molecule has 0 spiro atoms. The second kappa shape index (κ2) is 6.06.